The third kappa shape index (κ3) is 4.82. The van der Waals surface area contributed by atoms with E-state index < -0.39 is 0 Å². The van der Waals surface area contributed by atoms with Gasteiger partial charge in [-0.15, -0.1) is 0 Å². The van der Waals surface area contributed by atoms with Gasteiger partial charge in [0, 0.05) is 38.7 Å². The molecule has 0 saturated heterocycles. The van der Waals surface area contributed by atoms with Crippen molar-refractivity contribution in [3.63, 3.8) is 0 Å². The van der Waals surface area contributed by atoms with Crippen molar-refractivity contribution in [2.24, 2.45) is 12.0 Å². The number of anilines is 1. The molecule has 0 atom stereocenters. The van der Waals surface area contributed by atoms with E-state index in [9.17, 15) is 0 Å². The molecule has 10 heteroatoms. The van der Waals surface area contributed by atoms with Crippen molar-refractivity contribution in [3.05, 3.63) is 29.5 Å². The number of aryl methyl sites for hydroxylation is 3. The lowest BCUT2D eigenvalue weighted by molar-refractivity contribution is 0.380. The van der Waals surface area contributed by atoms with Crippen LogP contribution in [0.15, 0.2) is 22.0 Å². The average Bonchev–Trinajstić information content (AvgIpc) is 3.32. The molecule has 3 heterocycles. The van der Waals surface area contributed by atoms with Crippen LogP contribution in [0.3, 0.4) is 0 Å². The van der Waals surface area contributed by atoms with E-state index in [1.165, 1.54) is 0 Å². The normalized spacial score (nSPS) is 11.8. The summed E-state index contributed by atoms with van der Waals surface area (Å²) in [6.45, 7) is 8.87. The Bertz CT molecular complexity index is 938. The second-order valence-corrected chi connectivity index (χ2v) is 6.51. The summed E-state index contributed by atoms with van der Waals surface area (Å²) in [4.78, 5) is 13.3. The largest absolute Gasteiger partial charge is 0.368 e. The third-order valence-corrected chi connectivity index (χ3v) is 4.59. The molecule has 0 amide bonds. The predicted molar refractivity (Wildman–Crippen MR) is 113 cm³/mol. The number of aliphatic imine (C=N–C) groups is 1. The summed E-state index contributed by atoms with van der Waals surface area (Å²) in [7, 11) is 1.86. The number of rotatable bonds is 9. The van der Waals surface area contributed by atoms with Gasteiger partial charge in [0.15, 0.2) is 11.6 Å². The molecule has 0 radical (unpaired) electrons. The fourth-order valence-corrected chi connectivity index (χ4v) is 3.08. The molecule has 0 unspecified atom stereocenters. The van der Waals surface area contributed by atoms with Crippen LogP contribution in [-0.4, -0.2) is 50.5 Å². The Morgan fingerprint density at radius 1 is 1.14 bits per heavy atom. The molecular formula is C19H29N9O. The van der Waals surface area contributed by atoms with Crippen LogP contribution in [0.25, 0.3) is 11.0 Å². The molecular weight excluding hydrogens is 370 g/mol. The smallest absolute Gasteiger partial charge is 0.191 e. The lowest BCUT2D eigenvalue weighted by Crippen LogP contribution is -2.39. The van der Waals surface area contributed by atoms with Gasteiger partial charge in [-0.2, -0.15) is 5.10 Å². The minimum Gasteiger partial charge on any atom is -0.368 e. The third-order valence-electron chi connectivity index (χ3n) is 4.59. The molecule has 3 N–H and O–H groups in total. The van der Waals surface area contributed by atoms with Gasteiger partial charge in [0.05, 0.1) is 23.8 Å². The summed E-state index contributed by atoms with van der Waals surface area (Å²) in [6, 6.07) is 0. The number of aromatic nitrogens is 5. The zero-order valence-corrected chi connectivity index (χ0v) is 17.5. The van der Waals surface area contributed by atoms with Crippen molar-refractivity contribution in [1.29, 1.82) is 0 Å². The van der Waals surface area contributed by atoms with E-state index in [1.807, 2.05) is 14.0 Å². The Morgan fingerprint density at radius 3 is 2.76 bits per heavy atom. The van der Waals surface area contributed by atoms with Crippen molar-refractivity contribution < 1.29 is 4.52 Å². The Balaban J connectivity index is 1.58. The highest BCUT2D eigenvalue weighted by Gasteiger charge is 2.13. The molecule has 0 spiro atoms. The van der Waals surface area contributed by atoms with Gasteiger partial charge in [-0.1, -0.05) is 19.0 Å². The van der Waals surface area contributed by atoms with Crippen LogP contribution in [0.2, 0.25) is 0 Å². The Morgan fingerprint density at radius 2 is 2.00 bits per heavy atom. The number of fused-ring (bicyclic) bond motifs is 1. The highest BCUT2D eigenvalue weighted by molar-refractivity contribution is 5.86. The van der Waals surface area contributed by atoms with Gasteiger partial charge >= 0.3 is 0 Å². The standard InChI is InChI=1S/C19H29N9O/c1-5-15-13(16(6-2)29-27-15)10-23-19(20-7-3)22-9-8-21-17-14-11-26-28(4)18(14)25-12-24-17/h11-12H,5-10H2,1-4H3,(H2,20,22,23)(H,21,24,25). The second-order valence-electron chi connectivity index (χ2n) is 6.51. The first-order valence-corrected chi connectivity index (χ1v) is 10.0. The lowest BCUT2D eigenvalue weighted by Gasteiger charge is -2.12. The molecule has 0 aliphatic rings. The SMILES string of the molecule is CCNC(=NCc1c(CC)noc1CC)NCCNc1ncnc2c1cnn2C. The maximum Gasteiger partial charge on any atom is 0.191 e. The van der Waals surface area contributed by atoms with Crippen molar-refractivity contribution in [3.8, 4) is 0 Å². The number of hydrogen-bond acceptors (Lipinski definition) is 7. The van der Waals surface area contributed by atoms with Crippen LogP contribution < -0.4 is 16.0 Å². The van der Waals surface area contributed by atoms with Gasteiger partial charge < -0.3 is 20.5 Å². The van der Waals surface area contributed by atoms with E-state index >= 15 is 0 Å². The molecule has 29 heavy (non-hydrogen) atoms. The minimum absolute atomic E-state index is 0.542. The monoisotopic (exact) mass is 399 g/mol. The van der Waals surface area contributed by atoms with E-state index in [0.29, 0.717) is 19.6 Å². The lowest BCUT2D eigenvalue weighted by atomic mass is 10.1. The van der Waals surface area contributed by atoms with E-state index in [0.717, 1.165) is 59.2 Å². The second kappa shape index (κ2) is 9.85. The molecule has 0 aliphatic heterocycles. The molecule has 156 valence electrons. The van der Waals surface area contributed by atoms with Crippen molar-refractivity contribution >= 4 is 22.8 Å². The van der Waals surface area contributed by atoms with Gasteiger partial charge in [-0.3, -0.25) is 4.68 Å². The molecule has 0 aliphatic carbocycles. The Kier molecular flexibility index (Phi) is 6.99. The average molecular weight is 400 g/mol. The summed E-state index contributed by atoms with van der Waals surface area (Å²) in [5.41, 5.74) is 2.87. The molecule has 0 aromatic carbocycles. The number of hydrogen-bond donors (Lipinski definition) is 3. The Labute approximate surface area is 170 Å². The first-order chi connectivity index (χ1) is 14.2. The van der Waals surface area contributed by atoms with Gasteiger partial charge in [-0.05, 0) is 13.3 Å². The van der Waals surface area contributed by atoms with Crippen LogP contribution in [0.1, 0.15) is 37.8 Å². The molecule has 0 bridgehead atoms. The van der Waals surface area contributed by atoms with Crippen LogP contribution in [0.5, 0.6) is 0 Å². The van der Waals surface area contributed by atoms with Crippen LogP contribution >= 0.6 is 0 Å². The predicted octanol–water partition coefficient (Wildman–Crippen LogP) is 1.64. The molecule has 3 aromatic heterocycles. The van der Waals surface area contributed by atoms with Gasteiger partial charge in [0.25, 0.3) is 0 Å². The van der Waals surface area contributed by atoms with E-state index in [-0.39, 0.29) is 0 Å². The van der Waals surface area contributed by atoms with E-state index in [4.69, 9.17) is 9.52 Å². The minimum atomic E-state index is 0.542. The number of guanidine groups is 1. The van der Waals surface area contributed by atoms with Gasteiger partial charge in [0.2, 0.25) is 0 Å². The summed E-state index contributed by atoms with van der Waals surface area (Å²) in [5.74, 6) is 2.44. The van der Waals surface area contributed by atoms with Crippen molar-refractivity contribution in [1.82, 2.24) is 35.5 Å². The van der Waals surface area contributed by atoms with E-state index in [2.05, 4.69) is 50.0 Å². The fourth-order valence-electron chi connectivity index (χ4n) is 3.08. The summed E-state index contributed by atoms with van der Waals surface area (Å²) in [6.07, 6.45) is 4.96. The zero-order valence-electron chi connectivity index (χ0n) is 17.5. The first kappa shape index (κ1) is 20.6. The number of nitrogens with zero attached hydrogens (tertiary/aromatic N) is 6. The van der Waals surface area contributed by atoms with Crippen molar-refractivity contribution in [2.45, 2.75) is 40.2 Å². The molecule has 3 rings (SSSR count). The topological polar surface area (TPSA) is 118 Å². The molecule has 0 fully saturated rings. The molecule has 3 aromatic rings. The maximum atomic E-state index is 5.42. The number of nitrogens with one attached hydrogen (secondary N) is 3. The summed E-state index contributed by atoms with van der Waals surface area (Å²) < 4.78 is 7.16. The van der Waals surface area contributed by atoms with Crippen molar-refractivity contribution in [2.75, 3.05) is 25.0 Å². The summed E-state index contributed by atoms with van der Waals surface area (Å²) in [5, 5.41) is 19.2. The highest BCUT2D eigenvalue weighted by Crippen LogP contribution is 2.18. The quantitative estimate of drug-likeness (QED) is 0.282. The molecule has 10 nitrogen and oxygen atoms in total. The van der Waals surface area contributed by atoms with E-state index in [1.54, 1.807) is 17.2 Å². The summed E-state index contributed by atoms with van der Waals surface area (Å²) >= 11 is 0. The van der Waals surface area contributed by atoms with Gasteiger partial charge in [-0.25, -0.2) is 15.0 Å². The Hall–Kier alpha value is -3.17. The molecule has 0 saturated carbocycles. The highest BCUT2D eigenvalue weighted by atomic mass is 16.5. The van der Waals surface area contributed by atoms with Crippen LogP contribution in [-0.2, 0) is 26.4 Å². The first-order valence-electron chi connectivity index (χ1n) is 10.0. The van der Waals surface area contributed by atoms with Crippen LogP contribution in [0.4, 0.5) is 5.82 Å². The zero-order chi connectivity index (χ0) is 20.6. The fraction of sp³-hybridized carbons (Fsp3) is 0.526. The van der Waals surface area contributed by atoms with Crippen LogP contribution in [0, 0.1) is 0 Å². The van der Waals surface area contributed by atoms with Gasteiger partial charge in [0.1, 0.15) is 17.9 Å². The maximum absolute atomic E-state index is 5.42.